The van der Waals surface area contributed by atoms with Gasteiger partial charge in [-0.05, 0) is 23.6 Å². The van der Waals surface area contributed by atoms with Gasteiger partial charge in [0.15, 0.2) is 0 Å². The van der Waals surface area contributed by atoms with Gasteiger partial charge in [0, 0.05) is 25.0 Å². The van der Waals surface area contributed by atoms with Gasteiger partial charge in [0.05, 0.1) is 18.9 Å². The van der Waals surface area contributed by atoms with Crippen molar-refractivity contribution < 1.29 is 19.5 Å². The van der Waals surface area contributed by atoms with Crippen molar-refractivity contribution in [2.24, 2.45) is 5.92 Å². The number of nitrogens with one attached hydrogen (secondary N) is 1. The first-order chi connectivity index (χ1) is 11.7. The van der Waals surface area contributed by atoms with E-state index >= 15 is 0 Å². The number of carbonyl (C=O) groups is 3. The fourth-order valence-electron chi connectivity index (χ4n) is 2.49. The third-order valence-electron chi connectivity index (χ3n) is 3.56. The number of carboxylic acid groups (broad SMARTS) is 1. The fourth-order valence-corrected chi connectivity index (χ4v) is 2.61. The van der Waals surface area contributed by atoms with Crippen LogP contribution in [0.4, 0.5) is 0 Å². The maximum atomic E-state index is 12.7. The second-order valence-corrected chi connectivity index (χ2v) is 6.82. The summed E-state index contributed by atoms with van der Waals surface area (Å²) in [5.41, 5.74) is 0.774. The van der Waals surface area contributed by atoms with Crippen LogP contribution in [0.25, 0.3) is 0 Å². The molecule has 2 amide bonds. The van der Waals surface area contributed by atoms with E-state index in [4.69, 9.17) is 16.7 Å². The lowest BCUT2D eigenvalue weighted by molar-refractivity contribution is -0.138. The summed E-state index contributed by atoms with van der Waals surface area (Å²) >= 11 is 5.89. The molecule has 1 rings (SSSR count). The molecule has 0 saturated carbocycles. The number of halogens is 1. The van der Waals surface area contributed by atoms with E-state index in [0.29, 0.717) is 11.6 Å². The lowest BCUT2D eigenvalue weighted by Gasteiger charge is -2.27. The first kappa shape index (κ1) is 21.0. The van der Waals surface area contributed by atoms with Crippen molar-refractivity contribution in [3.8, 4) is 0 Å². The van der Waals surface area contributed by atoms with Gasteiger partial charge < -0.3 is 15.3 Å². The Morgan fingerprint density at radius 1 is 1.20 bits per heavy atom. The van der Waals surface area contributed by atoms with Crippen LogP contribution in [-0.4, -0.2) is 40.9 Å². The van der Waals surface area contributed by atoms with Gasteiger partial charge in [0.1, 0.15) is 0 Å². The summed E-state index contributed by atoms with van der Waals surface area (Å²) in [6.45, 7) is 5.94. The summed E-state index contributed by atoms with van der Waals surface area (Å²) in [7, 11) is 0. The van der Waals surface area contributed by atoms with E-state index in [1.807, 2.05) is 13.8 Å². The molecule has 7 heteroatoms. The average molecular weight is 369 g/mol. The first-order valence-electron chi connectivity index (χ1n) is 8.21. The van der Waals surface area contributed by atoms with E-state index in [2.05, 4.69) is 5.32 Å². The molecule has 0 spiro atoms. The summed E-state index contributed by atoms with van der Waals surface area (Å²) < 4.78 is 0. The molecule has 0 aliphatic carbocycles. The van der Waals surface area contributed by atoms with Crippen LogP contribution in [-0.2, 0) is 14.4 Å². The summed E-state index contributed by atoms with van der Waals surface area (Å²) in [6.07, 6.45) is -0.0439. The highest BCUT2D eigenvalue weighted by Gasteiger charge is 2.22. The van der Waals surface area contributed by atoms with Gasteiger partial charge in [-0.25, -0.2) is 0 Å². The number of hydrogen-bond acceptors (Lipinski definition) is 3. The minimum Gasteiger partial charge on any atom is -0.481 e. The van der Waals surface area contributed by atoms with Crippen LogP contribution in [0, 0.1) is 5.92 Å². The van der Waals surface area contributed by atoms with Crippen LogP contribution in [0.1, 0.15) is 45.2 Å². The zero-order valence-corrected chi connectivity index (χ0v) is 15.5. The zero-order valence-electron chi connectivity index (χ0n) is 14.8. The summed E-state index contributed by atoms with van der Waals surface area (Å²) in [6, 6.07) is 6.45. The van der Waals surface area contributed by atoms with Crippen LogP contribution in [0.3, 0.4) is 0 Å². The molecule has 25 heavy (non-hydrogen) atoms. The van der Waals surface area contributed by atoms with Gasteiger partial charge in [-0.3, -0.25) is 14.4 Å². The Hall–Kier alpha value is -2.08. The predicted octanol–water partition coefficient (Wildman–Crippen LogP) is 2.87. The summed E-state index contributed by atoms with van der Waals surface area (Å²) in [5, 5.41) is 12.2. The molecule has 0 saturated heterocycles. The van der Waals surface area contributed by atoms with Crippen LogP contribution < -0.4 is 5.32 Å². The van der Waals surface area contributed by atoms with Gasteiger partial charge in [0.2, 0.25) is 11.8 Å². The Labute approximate surface area is 153 Å². The van der Waals surface area contributed by atoms with Crippen molar-refractivity contribution in [2.75, 3.05) is 13.1 Å². The molecule has 0 aliphatic heterocycles. The van der Waals surface area contributed by atoms with Crippen molar-refractivity contribution in [3.05, 3.63) is 34.9 Å². The molecule has 1 aromatic carbocycles. The van der Waals surface area contributed by atoms with Gasteiger partial charge in [-0.15, -0.1) is 0 Å². The minimum absolute atomic E-state index is 0.0630. The second-order valence-electron chi connectivity index (χ2n) is 6.39. The molecule has 1 atom stereocenters. The Bertz CT molecular complexity index is 602. The third kappa shape index (κ3) is 8.03. The van der Waals surface area contributed by atoms with E-state index in [-0.39, 0.29) is 37.1 Å². The maximum Gasteiger partial charge on any atom is 0.305 e. The highest BCUT2D eigenvalue weighted by molar-refractivity contribution is 6.30. The van der Waals surface area contributed by atoms with Gasteiger partial charge >= 0.3 is 5.97 Å². The monoisotopic (exact) mass is 368 g/mol. The summed E-state index contributed by atoms with van der Waals surface area (Å²) in [4.78, 5) is 36.5. The molecule has 2 N–H and O–H groups in total. The van der Waals surface area contributed by atoms with E-state index in [9.17, 15) is 14.4 Å². The molecular weight excluding hydrogens is 344 g/mol. The van der Waals surface area contributed by atoms with Crippen molar-refractivity contribution in [3.63, 3.8) is 0 Å². The molecule has 1 aromatic rings. The highest BCUT2D eigenvalue weighted by atomic mass is 35.5. The Balaban J connectivity index is 2.90. The number of hydrogen-bond donors (Lipinski definition) is 2. The molecule has 0 heterocycles. The van der Waals surface area contributed by atoms with Gasteiger partial charge in [-0.2, -0.15) is 0 Å². The van der Waals surface area contributed by atoms with Gasteiger partial charge in [-0.1, -0.05) is 37.6 Å². The number of amides is 2. The molecule has 138 valence electrons. The lowest BCUT2D eigenvalue weighted by atomic mass is 10.0. The number of nitrogens with zero attached hydrogens (tertiary/aromatic N) is 1. The van der Waals surface area contributed by atoms with Crippen molar-refractivity contribution >= 4 is 29.4 Å². The second kappa shape index (κ2) is 10.0. The Morgan fingerprint density at radius 3 is 2.28 bits per heavy atom. The SMILES string of the molecule is CC(=O)NC(CC(=O)N(CCC(=O)O)CC(C)C)c1ccc(Cl)cc1. The lowest BCUT2D eigenvalue weighted by Crippen LogP contribution is -2.39. The molecule has 1 unspecified atom stereocenters. The smallest absolute Gasteiger partial charge is 0.305 e. The molecule has 0 bridgehead atoms. The van der Waals surface area contributed by atoms with Crippen LogP contribution in [0.5, 0.6) is 0 Å². The van der Waals surface area contributed by atoms with E-state index in [1.165, 1.54) is 6.92 Å². The molecule has 6 nitrogen and oxygen atoms in total. The normalized spacial score (nSPS) is 11.9. The molecule has 0 radical (unpaired) electrons. The fraction of sp³-hybridized carbons (Fsp3) is 0.500. The van der Waals surface area contributed by atoms with Crippen LogP contribution in [0.15, 0.2) is 24.3 Å². The van der Waals surface area contributed by atoms with E-state index in [1.54, 1.807) is 29.2 Å². The van der Waals surface area contributed by atoms with Crippen LogP contribution >= 0.6 is 11.6 Å². The third-order valence-corrected chi connectivity index (χ3v) is 3.81. The summed E-state index contributed by atoms with van der Waals surface area (Å²) in [5.74, 6) is -1.16. The Kier molecular flexibility index (Phi) is 8.41. The number of carboxylic acids is 1. The predicted molar refractivity (Wildman–Crippen MR) is 96.3 cm³/mol. The molecule has 0 fully saturated rings. The highest BCUT2D eigenvalue weighted by Crippen LogP contribution is 2.21. The standard InChI is InChI=1S/C18H25ClN2O4/c1-12(2)11-21(9-8-18(24)25)17(23)10-16(20-13(3)22)14-4-6-15(19)7-5-14/h4-7,12,16H,8-11H2,1-3H3,(H,20,22)(H,24,25). The van der Waals surface area contributed by atoms with Crippen LogP contribution in [0.2, 0.25) is 5.02 Å². The maximum absolute atomic E-state index is 12.7. The zero-order chi connectivity index (χ0) is 19.0. The molecule has 0 aliphatic rings. The number of rotatable bonds is 9. The van der Waals surface area contributed by atoms with Crippen molar-refractivity contribution in [2.45, 2.75) is 39.7 Å². The number of carbonyl (C=O) groups excluding carboxylic acids is 2. The van der Waals surface area contributed by atoms with E-state index < -0.39 is 12.0 Å². The molecular formula is C18H25ClN2O4. The van der Waals surface area contributed by atoms with Gasteiger partial charge in [0.25, 0.3) is 0 Å². The average Bonchev–Trinajstić information content (AvgIpc) is 2.50. The van der Waals surface area contributed by atoms with Crippen molar-refractivity contribution in [1.29, 1.82) is 0 Å². The quantitative estimate of drug-likeness (QED) is 0.701. The number of aliphatic carboxylic acids is 1. The minimum atomic E-state index is -0.947. The Morgan fingerprint density at radius 2 is 1.80 bits per heavy atom. The van der Waals surface area contributed by atoms with E-state index in [0.717, 1.165) is 5.56 Å². The molecule has 0 aromatic heterocycles. The topological polar surface area (TPSA) is 86.7 Å². The van der Waals surface area contributed by atoms with Crippen molar-refractivity contribution in [1.82, 2.24) is 10.2 Å². The first-order valence-corrected chi connectivity index (χ1v) is 8.59. The number of benzene rings is 1. The largest absolute Gasteiger partial charge is 0.481 e.